The zero-order valence-electron chi connectivity index (χ0n) is 9.51. The van der Waals surface area contributed by atoms with Crippen molar-refractivity contribution in [2.45, 2.75) is 13.8 Å². The molecular formula is C11H14N2O2S. The fraction of sp³-hybridized carbons (Fsp3) is 0.273. The molecule has 0 N–H and O–H groups in total. The molecule has 5 heteroatoms. The molecule has 0 aliphatic carbocycles. The first kappa shape index (κ1) is 11.0. The van der Waals surface area contributed by atoms with Crippen molar-refractivity contribution in [1.29, 1.82) is 0 Å². The maximum absolute atomic E-state index is 11.5. The molecule has 0 radical (unpaired) electrons. The van der Waals surface area contributed by atoms with E-state index in [0.29, 0.717) is 0 Å². The van der Waals surface area contributed by atoms with E-state index in [-0.39, 0.29) is 0 Å². The normalized spacial score (nSPS) is 15.3. The third kappa shape index (κ3) is 1.78. The van der Waals surface area contributed by atoms with Gasteiger partial charge >= 0.3 is 0 Å². The summed E-state index contributed by atoms with van der Waals surface area (Å²) in [4.78, 5) is 0. The van der Waals surface area contributed by atoms with Crippen LogP contribution >= 0.6 is 0 Å². The highest BCUT2D eigenvalue weighted by Gasteiger charge is 2.46. The molecular weight excluding hydrogens is 224 g/mol. The standard InChI is InChI=1S/C11H14N2O2S/c1-9(2)11-12(13(11)16(3,14)15)10-7-5-4-6-8-10/h4-8H,1-3H3. The molecule has 0 atom stereocenters. The van der Waals surface area contributed by atoms with Crippen LogP contribution < -0.4 is 5.01 Å². The van der Waals surface area contributed by atoms with Gasteiger partial charge in [0.15, 0.2) is 5.82 Å². The van der Waals surface area contributed by atoms with Crippen molar-refractivity contribution in [3.8, 4) is 0 Å². The Morgan fingerprint density at radius 2 is 1.69 bits per heavy atom. The summed E-state index contributed by atoms with van der Waals surface area (Å²) in [6.45, 7) is 3.80. The highest BCUT2D eigenvalue weighted by molar-refractivity contribution is 7.88. The molecule has 1 heterocycles. The number of hydrogen-bond donors (Lipinski definition) is 0. The van der Waals surface area contributed by atoms with Crippen LogP contribution in [-0.2, 0) is 10.0 Å². The summed E-state index contributed by atoms with van der Waals surface area (Å²) < 4.78 is 24.4. The van der Waals surface area contributed by atoms with Crippen LogP contribution in [0.15, 0.2) is 41.7 Å². The van der Waals surface area contributed by atoms with Crippen LogP contribution in [0.4, 0.5) is 5.69 Å². The lowest BCUT2D eigenvalue weighted by molar-refractivity contribution is 0.570. The Bertz CT molecular complexity index is 530. The molecule has 0 aromatic heterocycles. The quantitative estimate of drug-likeness (QED) is 0.739. The number of hydrazine groups is 1. The Morgan fingerprint density at radius 1 is 1.12 bits per heavy atom. The van der Waals surface area contributed by atoms with Gasteiger partial charge in [-0.05, 0) is 31.6 Å². The second kappa shape index (κ2) is 3.52. The summed E-state index contributed by atoms with van der Waals surface area (Å²) in [6.07, 6.45) is 1.21. The van der Waals surface area contributed by atoms with Gasteiger partial charge in [0.05, 0.1) is 11.9 Å². The molecule has 4 nitrogen and oxygen atoms in total. The van der Waals surface area contributed by atoms with E-state index in [0.717, 1.165) is 17.1 Å². The second-order valence-corrected chi connectivity index (χ2v) is 5.79. The Kier molecular flexibility index (Phi) is 2.42. The van der Waals surface area contributed by atoms with Gasteiger partial charge in [-0.25, -0.2) is 13.4 Å². The van der Waals surface area contributed by atoms with Gasteiger partial charge in [-0.2, -0.15) is 4.41 Å². The first-order valence-electron chi connectivity index (χ1n) is 4.96. The molecule has 1 fully saturated rings. The first-order chi connectivity index (χ1) is 7.43. The van der Waals surface area contributed by atoms with E-state index in [2.05, 4.69) is 0 Å². The molecule has 2 rings (SSSR count). The Labute approximate surface area is 95.8 Å². The molecule has 1 aromatic carbocycles. The highest BCUT2D eigenvalue weighted by atomic mass is 32.2. The number of anilines is 1. The fourth-order valence-corrected chi connectivity index (χ4v) is 2.64. The number of allylic oxidation sites excluding steroid dienone is 1. The second-order valence-electron chi connectivity index (χ2n) is 3.98. The molecule has 1 aliphatic rings. The van der Waals surface area contributed by atoms with Gasteiger partial charge in [0.2, 0.25) is 0 Å². The van der Waals surface area contributed by atoms with Crippen molar-refractivity contribution in [2.75, 3.05) is 11.3 Å². The fourth-order valence-electron chi connectivity index (χ4n) is 1.64. The molecule has 0 unspecified atom stereocenters. The third-order valence-corrected chi connectivity index (χ3v) is 3.25. The van der Waals surface area contributed by atoms with Crippen molar-refractivity contribution in [3.05, 3.63) is 41.7 Å². The Morgan fingerprint density at radius 3 is 2.06 bits per heavy atom. The average Bonchev–Trinajstić information content (AvgIpc) is 2.93. The molecule has 1 saturated heterocycles. The van der Waals surface area contributed by atoms with Crippen LogP contribution in [0.5, 0.6) is 0 Å². The van der Waals surface area contributed by atoms with Crippen molar-refractivity contribution in [1.82, 2.24) is 4.41 Å². The van der Waals surface area contributed by atoms with Gasteiger partial charge in [0.1, 0.15) is 0 Å². The SMILES string of the molecule is CC(C)=C1N(c2ccccc2)N1S(C)(=O)=O. The predicted octanol–water partition coefficient (Wildman–Crippen LogP) is 1.93. The number of benzene rings is 1. The van der Waals surface area contributed by atoms with Crippen molar-refractivity contribution in [2.24, 2.45) is 0 Å². The summed E-state index contributed by atoms with van der Waals surface area (Å²) in [5.41, 5.74) is 1.85. The number of para-hydroxylation sites is 1. The zero-order valence-corrected chi connectivity index (χ0v) is 10.3. The largest absolute Gasteiger partial charge is 0.251 e. The van der Waals surface area contributed by atoms with Crippen LogP contribution in [0.1, 0.15) is 13.8 Å². The zero-order chi connectivity index (χ0) is 11.9. The number of rotatable bonds is 2. The predicted molar refractivity (Wildman–Crippen MR) is 64.0 cm³/mol. The summed E-state index contributed by atoms with van der Waals surface area (Å²) >= 11 is 0. The van der Waals surface area contributed by atoms with E-state index >= 15 is 0 Å². The lowest BCUT2D eigenvalue weighted by atomic mass is 10.3. The Balaban J connectivity index is 2.43. The van der Waals surface area contributed by atoms with E-state index < -0.39 is 10.0 Å². The Hall–Kier alpha value is -1.49. The van der Waals surface area contributed by atoms with Crippen LogP contribution in [-0.4, -0.2) is 19.1 Å². The van der Waals surface area contributed by atoms with E-state index in [1.54, 1.807) is 5.01 Å². The van der Waals surface area contributed by atoms with Crippen LogP contribution in [0.25, 0.3) is 0 Å². The minimum absolute atomic E-state index is 0.744. The van der Waals surface area contributed by atoms with Crippen LogP contribution in [0.3, 0.4) is 0 Å². The van der Waals surface area contributed by atoms with Crippen molar-refractivity contribution < 1.29 is 8.42 Å². The maximum Gasteiger partial charge on any atom is 0.251 e. The van der Waals surface area contributed by atoms with E-state index in [4.69, 9.17) is 0 Å². The van der Waals surface area contributed by atoms with Crippen molar-refractivity contribution >= 4 is 15.7 Å². The third-order valence-electron chi connectivity index (χ3n) is 2.29. The lowest BCUT2D eigenvalue weighted by Gasteiger charge is -2.02. The van der Waals surface area contributed by atoms with E-state index in [9.17, 15) is 8.42 Å². The lowest BCUT2D eigenvalue weighted by Crippen LogP contribution is -2.14. The summed E-state index contributed by atoms with van der Waals surface area (Å²) in [5, 5.41) is 1.70. The van der Waals surface area contributed by atoms with Gasteiger partial charge in [-0.1, -0.05) is 18.2 Å². The first-order valence-corrected chi connectivity index (χ1v) is 6.80. The minimum Gasteiger partial charge on any atom is -0.219 e. The smallest absolute Gasteiger partial charge is 0.219 e. The van der Waals surface area contributed by atoms with Gasteiger partial charge in [-0.15, -0.1) is 0 Å². The summed E-state index contributed by atoms with van der Waals surface area (Å²) in [6, 6.07) is 9.44. The summed E-state index contributed by atoms with van der Waals surface area (Å²) in [5.74, 6) is 0.744. The van der Waals surface area contributed by atoms with Gasteiger partial charge in [-0.3, -0.25) is 0 Å². The number of sulfonamides is 1. The molecule has 1 aromatic rings. The number of nitrogens with zero attached hydrogens (tertiary/aromatic N) is 2. The molecule has 1 aliphatic heterocycles. The van der Waals surface area contributed by atoms with Gasteiger partial charge in [0, 0.05) is 0 Å². The average molecular weight is 238 g/mol. The van der Waals surface area contributed by atoms with Crippen LogP contribution in [0, 0.1) is 0 Å². The van der Waals surface area contributed by atoms with E-state index in [1.807, 2.05) is 44.2 Å². The highest BCUT2D eigenvalue weighted by Crippen LogP contribution is 2.41. The van der Waals surface area contributed by atoms with Gasteiger partial charge in [0.25, 0.3) is 10.0 Å². The van der Waals surface area contributed by atoms with Gasteiger partial charge < -0.3 is 0 Å². The molecule has 0 spiro atoms. The van der Waals surface area contributed by atoms with Crippen molar-refractivity contribution in [3.63, 3.8) is 0 Å². The molecule has 16 heavy (non-hydrogen) atoms. The van der Waals surface area contributed by atoms with E-state index in [1.165, 1.54) is 10.7 Å². The minimum atomic E-state index is -3.22. The summed E-state index contributed by atoms with van der Waals surface area (Å²) in [7, 11) is -3.22. The topological polar surface area (TPSA) is 40.2 Å². The van der Waals surface area contributed by atoms with Crippen LogP contribution in [0.2, 0.25) is 0 Å². The maximum atomic E-state index is 11.5. The monoisotopic (exact) mass is 238 g/mol. The molecule has 86 valence electrons. The molecule has 0 saturated carbocycles. The number of hydrogen-bond acceptors (Lipinski definition) is 3. The molecule has 0 bridgehead atoms. The molecule has 0 amide bonds.